The van der Waals surface area contributed by atoms with Gasteiger partial charge in [0, 0.05) is 13.2 Å². The van der Waals surface area contributed by atoms with Gasteiger partial charge < -0.3 is 10.5 Å². The molecule has 20 heavy (non-hydrogen) atoms. The number of halogens is 1. The Bertz CT molecular complexity index is 536. The second kappa shape index (κ2) is 6.46. The fraction of sp³-hybridized carbons (Fsp3) is 0.429. The normalized spacial score (nSPS) is 19.5. The van der Waals surface area contributed by atoms with Gasteiger partial charge in [0.25, 0.3) is 0 Å². The molecule has 0 spiro atoms. The smallest absolute Gasteiger partial charge is 0.239 e. The zero-order chi connectivity index (χ0) is 14.5. The number of primary amides is 1. The Labute approximate surface area is 116 Å². The summed E-state index contributed by atoms with van der Waals surface area (Å²) in [5.74, 6) is -1.18. The molecule has 1 aromatic rings. The van der Waals surface area contributed by atoms with Crippen molar-refractivity contribution in [1.29, 1.82) is 5.26 Å². The fourth-order valence-corrected chi connectivity index (χ4v) is 2.25. The number of nitriles is 1. The first kappa shape index (κ1) is 14.4. The topological polar surface area (TPSA) is 88.1 Å². The Morgan fingerprint density at radius 2 is 2.45 bits per heavy atom. The summed E-state index contributed by atoms with van der Waals surface area (Å²) in [7, 11) is 0. The molecule has 2 atom stereocenters. The van der Waals surface area contributed by atoms with Gasteiger partial charge in [0.05, 0.1) is 11.7 Å². The van der Waals surface area contributed by atoms with Crippen LogP contribution in [-0.4, -0.2) is 25.2 Å². The average molecular weight is 277 g/mol. The van der Waals surface area contributed by atoms with Crippen molar-refractivity contribution < 1.29 is 13.9 Å². The van der Waals surface area contributed by atoms with Gasteiger partial charge in [0.15, 0.2) is 0 Å². The first-order valence-corrected chi connectivity index (χ1v) is 6.45. The van der Waals surface area contributed by atoms with E-state index < -0.39 is 17.8 Å². The highest BCUT2D eigenvalue weighted by Crippen LogP contribution is 2.18. The van der Waals surface area contributed by atoms with Crippen LogP contribution in [0, 0.1) is 17.1 Å². The number of benzene rings is 1. The van der Waals surface area contributed by atoms with Crippen molar-refractivity contribution in [3.05, 3.63) is 35.1 Å². The van der Waals surface area contributed by atoms with Crippen LogP contribution in [0.25, 0.3) is 0 Å². The maximum atomic E-state index is 13.3. The fourth-order valence-electron chi connectivity index (χ4n) is 2.25. The van der Waals surface area contributed by atoms with Gasteiger partial charge in [0.2, 0.25) is 5.91 Å². The predicted octanol–water partition coefficient (Wildman–Crippen LogP) is 0.992. The zero-order valence-electron chi connectivity index (χ0n) is 10.9. The Morgan fingerprint density at radius 3 is 3.05 bits per heavy atom. The molecule has 0 aliphatic carbocycles. The summed E-state index contributed by atoms with van der Waals surface area (Å²) in [5.41, 5.74) is 5.74. The number of nitrogens with two attached hydrogens (primary N) is 1. The maximum Gasteiger partial charge on any atom is 0.239 e. The molecule has 2 rings (SSSR count). The molecule has 1 fully saturated rings. The van der Waals surface area contributed by atoms with Gasteiger partial charge in [-0.1, -0.05) is 6.07 Å². The molecule has 0 radical (unpaired) electrons. The van der Waals surface area contributed by atoms with E-state index >= 15 is 0 Å². The molecule has 6 heteroatoms. The number of amides is 1. The number of carbonyl (C=O) groups is 1. The highest BCUT2D eigenvalue weighted by atomic mass is 19.1. The first-order chi connectivity index (χ1) is 9.61. The lowest BCUT2D eigenvalue weighted by Gasteiger charge is -2.18. The minimum Gasteiger partial charge on any atom is -0.377 e. The largest absolute Gasteiger partial charge is 0.377 e. The molecular formula is C14H16FN3O2. The molecule has 2 unspecified atom stereocenters. The van der Waals surface area contributed by atoms with Crippen LogP contribution >= 0.6 is 0 Å². The van der Waals surface area contributed by atoms with Crippen LogP contribution in [0.2, 0.25) is 0 Å². The summed E-state index contributed by atoms with van der Waals surface area (Å²) in [4.78, 5) is 11.5. The van der Waals surface area contributed by atoms with Gasteiger partial charge in [-0.05, 0) is 30.5 Å². The molecule has 0 saturated carbocycles. The number of ether oxygens (including phenoxy) is 1. The number of hydrogen-bond donors (Lipinski definition) is 2. The summed E-state index contributed by atoms with van der Waals surface area (Å²) in [6.07, 6.45) is 2.00. The third kappa shape index (κ3) is 3.32. The van der Waals surface area contributed by atoms with E-state index in [2.05, 4.69) is 5.32 Å². The summed E-state index contributed by atoms with van der Waals surface area (Å²) < 4.78 is 18.7. The lowest BCUT2D eigenvalue weighted by molar-refractivity contribution is -0.120. The summed E-state index contributed by atoms with van der Waals surface area (Å²) in [6.45, 7) is 1.22. The predicted molar refractivity (Wildman–Crippen MR) is 70.0 cm³/mol. The number of nitrogens with zero attached hydrogens (tertiary/aromatic N) is 1. The van der Waals surface area contributed by atoms with Crippen molar-refractivity contribution in [1.82, 2.24) is 5.32 Å². The lowest BCUT2D eigenvalue weighted by Crippen LogP contribution is -2.37. The molecule has 1 amide bonds. The van der Waals surface area contributed by atoms with E-state index in [4.69, 9.17) is 15.7 Å². The van der Waals surface area contributed by atoms with Gasteiger partial charge >= 0.3 is 0 Å². The number of rotatable bonds is 5. The van der Waals surface area contributed by atoms with Gasteiger partial charge in [-0.3, -0.25) is 10.1 Å². The van der Waals surface area contributed by atoms with Crippen LogP contribution < -0.4 is 11.1 Å². The lowest BCUT2D eigenvalue weighted by atomic mass is 10.0. The van der Waals surface area contributed by atoms with Gasteiger partial charge in [-0.25, -0.2) is 4.39 Å². The van der Waals surface area contributed by atoms with Crippen LogP contribution in [0.15, 0.2) is 18.2 Å². The van der Waals surface area contributed by atoms with Crippen molar-refractivity contribution in [2.75, 3.05) is 13.2 Å². The summed E-state index contributed by atoms with van der Waals surface area (Å²) in [5, 5.41) is 11.8. The Kier molecular flexibility index (Phi) is 4.66. The van der Waals surface area contributed by atoms with Crippen molar-refractivity contribution in [3.8, 4) is 6.07 Å². The quantitative estimate of drug-likeness (QED) is 0.840. The van der Waals surface area contributed by atoms with Gasteiger partial charge in [0.1, 0.15) is 17.9 Å². The highest BCUT2D eigenvalue weighted by molar-refractivity contribution is 5.81. The second-order valence-corrected chi connectivity index (χ2v) is 4.73. The van der Waals surface area contributed by atoms with E-state index in [0.717, 1.165) is 25.5 Å². The minimum atomic E-state index is -0.758. The van der Waals surface area contributed by atoms with E-state index in [0.29, 0.717) is 12.1 Å². The van der Waals surface area contributed by atoms with E-state index in [1.54, 1.807) is 6.07 Å². The molecular weight excluding hydrogens is 261 g/mol. The molecule has 1 aliphatic rings. The molecule has 3 N–H and O–H groups in total. The first-order valence-electron chi connectivity index (χ1n) is 6.45. The molecule has 5 nitrogen and oxygen atoms in total. The van der Waals surface area contributed by atoms with Crippen molar-refractivity contribution in [2.24, 2.45) is 5.73 Å². The van der Waals surface area contributed by atoms with E-state index in [9.17, 15) is 9.18 Å². The van der Waals surface area contributed by atoms with Crippen molar-refractivity contribution >= 4 is 5.91 Å². The standard InChI is InChI=1S/C14H16FN3O2/c15-12-4-3-9(6-10(12)7-16)13(14(17)19)18-8-11-2-1-5-20-11/h3-4,6,11,13,18H,1-2,5,8H2,(H2,17,19). The zero-order valence-corrected chi connectivity index (χ0v) is 10.9. The number of nitrogens with one attached hydrogen (secondary N) is 1. The SMILES string of the molecule is N#Cc1cc(C(NCC2CCCO2)C(N)=O)ccc1F. The van der Waals surface area contributed by atoms with Gasteiger partial charge in [-0.2, -0.15) is 5.26 Å². The monoisotopic (exact) mass is 277 g/mol. The van der Waals surface area contributed by atoms with Crippen LogP contribution in [-0.2, 0) is 9.53 Å². The maximum absolute atomic E-state index is 13.3. The summed E-state index contributed by atoms with van der Waals surface area (Å²) >= 11 is 0. The average Bonchev–Trinajstić information content (AvgIpc) is 2.93. The number of hydrogen-bond acceptors (Lipinski definition) is 4. The van der Waals surface area contributed by atoms with Crippen LogP contribution in [0.4, 0.5) is 4.39 Å². The molecule has 1 heterocycles. The summed E-state index contributed by atoms with van der Waals surface area (Å²) in [6, 6.07) is 4.95. The minimum absolute atomic E-state index is 0.0627. The van der Waals surface area contributed by atoms with Crippen LogP contribution in [0.1, 0.15) is 30.0 Å². The Morgan fingerprint density at radius 1 is 1.65 bits per heavy atom. The molecule has 1 saturated heterocycles. The Balaban J connectivity index is 2.11. The van der Waals surface area contributed by atoms with Gasteiger partial charge in [-0.15, -0.1) is 0 Å². The van der Waals surface area contributed by atoms with Crippen molar-refractivity contribution in [2.45, 2.75) is 25.0 Å². The molecule has 1 aliphatic heterocycles. The van der Waals surface area contributed by atoms with E-state index in [-0.39, 0.29) is 11.7 Å². The molecule has 0 aromatic heterocycles. The second-order valence-electron chi connectivity index (χ2n) is 4.73. The third-order valence-electron chi connectivity index (χ3n) is 3.30. The molecule has 0 bridgehead atoms. The molecule has 106 valence electrons. The molecule has 1 aromatic carbocycles. The highest BCUT2D eigenvalue weighted by Gasteiger charge is 2.22. The Hall–Kier alpha value is -1.97. The van der Waals surface area contributed by atoms with E-state index in [1.807, 2.05) is 0 Å². The number of carbonyl (C=O) groups excluding carboxylic acids is 1. The van der Waals surface area contributed by atoms with Crippen LogP contribution in [0.5, 0.6) is 0 Å². The van der Waals surface area contributed by atoms with E-state index in [1.165, 1.54) is 12.1 Å². The third-order valence-corrected chi connectivity index (χ3v) is 3.30. The van der Waals surface area contributed by atoms with Crippen LogP contribution in [0.3, 0.4) is 0 Å². The van der Waals surface area contributed by atoms with Crippen molar-refractivity contribution in [3.63, 3.8) is 0 Å².